The fraction of sp³-hybridized carbons (Fsp3) is 0.163. The van der Waals surface area contributed by atoms with Crippen LogP contribution in [0.4, 0.5) is 0 Å². The van der Waals surface area contributed by atoms with Crippen LogP contribution in [0.2, 0.25) is 0 Å². The molecule has 9 heteroatoms. The van der Waals surface area contributed by atoms with E-state index >= 15 is 0 Å². The first kappa shape index (κ1) is 34.0. The molecule has 7 aromatic rings. The van der Waals surface area contributed by atoms with Gasteiger partial charge in [0.2, 0.25) is 0 Å². The van der Waals surface area contributed by atoms with Gasteiger partial charge in [-0.15, -0.1) is 5.10 Å². The second kappa shape index (κ2) is 14.8. The van der Waals surface area contributed by atoms with E-state index in [4.69, 9.17) is 5.21 Å². The van der Waals surface area contributed by atoms with Gasteiger partial charge in [-0.2, -0.15) is 4.98 Å². The van der Waals surface area contributed by atoms with Crippen molar-refractivity contribution in [2.75, 3.05) is 0 Å². The molecular weight excluding hydrogens is 649 g/mol. The number of rotatable bonds is 12. The predicted octanol–water partition coefficient (Wildman–Crippen LogP) is 7.34. The SMILES string of the molecule is CCc1nc(=O)c(CCC(=O)O)c(C)n1Cc1ccc(-c2ccccc2-c2nnnn2C(c2ccccc2)(c2ccccc2)c2ccccc2)cc1. The summed E-state index contributed by atoms with van der Waals surface area (Å²) in [6, 6.07) is 47.5. The van der Waals surface area contributed by atoms with E-state index in [1.165, 1.54) is 0 Å². The fourth-order valence-electron chi connectivity index (χ4n) is 7.14. The molecule has 52 heavy (non-hydrogen) atoms. The number of hydrogen-bond acceptors (Lipinski definition) is 6. The molecule has 2 aromatic heterocycles. The highest BCUT2D eigenvalue weighted by Crippen LogP contribution is 2.43. The van der Waals surface area contributed by atoms with Gasteiger partial charge in [0.25, 0.3) is 5.56 Å². The van der Waals surface area contributed by atoms with Crippen LogP contribution >= 0.6 is 0 Å². The van der Waals surface area contributed by atoms with Gasteiger partial charge >= 0.3 is 5.97 Å². The van der Waals surface area contributed by atoms with Crippen LogP contribution in [-0.2, 0) is 29.7 Å². The van der Waals surface area contributed by atoms with Crippen molar-refractivity contribution in [2.24, 2.45) is 0 Å². The summed E-state index contributed by atoms with van der Waals surface area (Å²) < 4.78 is 3.96. The molecule has 7 rings (SSSR count). The van der Waals surface area contributed by atoms with Crippen molar-refractivity contribution in [1.29, 1.82) is 0 Å². The number of benzene rings is 5. The molecular formula is C43H38N6O3. The number of aliphatic carboxylic acids is 1. The average Bonchev–Trinajstić information content (AvgIpc) is 3.67. The van der Waals surface area contributed by atoms with Crippen LogP contribution in [0.5, 0.6) is 0 Å². The third-order valence-corrected chi connectivity index (χ3v) is 9.68. The Hall–Kier alpha value is -6.48. The summed E-state index contributed by atoms with van der Waals surface area (Å²) in [7, 11) is 0. The lowest BCUT2D eigenvalue weighted by atomic mass is 9.77. The number of carboxylic acids is 1. The molecule has 0 fully saturated rings. The van der Waals surface area contributed by atoms with Crippen LogP contribution in [0.15, 0.2) is 144 Å². The minimum Gasteiger partial charge on any atom is -0.481 e. The summed E-state index contributed by atoms with van der Waals surface area (Å²) in [6.07, 6.45) is 0.599. The number of nitrogens with zero attached hydrogens (tertiary/aromatic N) is 6. The molecule has 0 amide bonds. The molecule has 5 aromatic carbocycles. The topological polar surface area (TPSA) is 116 Å². The van der Waals surface area contributed by atoms with E-state index < -0.39 is 11.5 Å². The zero-order chi connectivity index (χ0) is 36.1. The molecule has 0 atom stereocenters. The molecule has 0 aliphatic rings. The quantitative estimate of drug-likeness (QED) is 0.134. The van der Waals surface area contributed by atoms with Gasteiger partial charge in [-0.25, -0.2) is 4.68 Å². The fourth-order valence-corrected chi connectivity index (χ4v) is 7.14. The molecule has 0 bridgehead atoms. The third kappa shape index (κ3) is 6.33. The van der Waals surface area contributed by atoms with E-state index in [0.29, 0.717) is 30.2 Å². The molecule has 0 radical (unpaired) electrons. The monoisotopic (exact) mass is 686 g/mol. The van der Waals surface area contributed by atoms with E-state index in [0.717, 1.165) is 44.6 Å². The highest BCUT2D eigenvalue weighted by Gasteiger charge is 2.42. The Kier molecular flexibility index (Phi) is 9.66. The molecule has 1 N–H and O–H groups in total. The summed E-state index contributed by atoms with van der Waals surface area (Å²) in [5.41, 5.74) is 6.89. The number of aromatic nitrogens is 6. The van der Waals surface area contributed by atoms with Crippen molar-refractivity contribution in [1.82, 2.24) is 29.8 Å². The highest BCUT2D eigenvalue weighted by atomic mass is 16.4. The van der Waals surface area contributed by atoms with Crippen molar-refractivity contribution in [3.05, 3.63) is 189 Å². The maximum Gasteiger partial charge on any atom is 0.303 e. The van der Waals surface area contributed by atoms with Crippen LogP contribution in [-0.4, -0.2) is 40.8 Å². The molecule has 0 aliphatic heterocycles. The van der Waals surface area contributed by atoms with E-state index in [1.807, 2.05) is 89.8 Å². The first-order valence-electron chi connectivity index (χ1n) is 17.4. The van der Waals surface area contributed by atoms with Crippen molar-refractivity contribution in [2.45, 2.75) is 45.2 Å². The van der Waals surface area contributed by atoms with Crippen LogP contribution in [0.1, 0.15) is 52.7 Å². The van der Waals surface area contributed by atoms with Gasteiger partial charge in [0.1, 0.15) is 11.4 Å². The molecule has 0 saturated carbocycles. The minimum atomic E-state index is -0.944. The van der Waals surface area contributed by atoms with Crippen LogP contribution in [0, 0.1) is 6.92 Å². The third-order valence-electron chi connectivity index (χ3n) is 9.68. The minimum absolute atomic E-state index is 0.121. The Morgan fingerprint density at radius 1 is 0.731 bits per heavy atom. The average molecular weight is 687 g/mol. The van der Waals surface area contributed by atoms with Crippen molar-refractivity contribution in [3.63, 3.8) is 0 Å². The maximum absolute atomic E-state index is 12.8. The van der Waals surface area contributed by atoms with Crippen LogP contribution < -0.4 is 5.56 Å². The molecule has 0 unspecified atom stereocenters. The zero-order valence-corrected chi connectivity index (χ0v) is 29.1. The lowest BCUT2D eigenvalue weighted by molar-refractivity contribution is -0.136. The Labute approximate surface area is 301 Å². The Morgan fingerprint density at radius 2 is 1.27 bits per heavy atom. The zero-order valence-electron chi connectivity index (χ0n) is 29.1. The summed E-state index contributed by atoms with van der Waals surface area (Å²) in [4.78, 5) is 28.3. The van der Waals surface area contributed by atoms with E-state index in [9.17, 15) is 14.7 Å². The highest BCUT2D eigenvalue weighted by molar-refractivity contribution is 5.81. The summed E-state index contributed by atoms with van der Waals surface area (Å²) in [6.45, 7) is 4.33. The molecule has 0 spiro atoms. The molecule has 9 nitrogen and oxygen atoms in total. The van der Waals surface area contributed by atoms with Gasteiger partial charge in [0.15, 0.2) is 5.82 Å². The molecule has 258 valence electrons. The van der Waals surface area contributed by atoms with Gasteiger partial charge in [-0.3, -0.25) is 9.59 Å². The number of carbonyl (C=O) groups is 1. The number of hydrogen-bond donors (Lipinski definition) is 1. The van der Waals surface area contributed by atoms with Gasteiger partial charge in [0.05, 0.1) is 0 Å². The number of tetrazole rings is 1. The van der Waals surface area contributed by atoms with Gasteiger partial charge in [0, 0.05) is 36.2 Å². The van der Waals surface area contributed by atoms with Crippen LogP contribution in [0.25, 0.3) is 22.5 Å². The van der Waals surface area contributed by atoms with Crippen LogP contribution in [0.3, 0.4) is 0 Å². The van der Waals surface area contributed by atoms with Gasteiger partial charge in [-0.05, 0) is 57.2 Å². The lowest BCUT2D eigenvalue weighted by Gasteiger charge is -2.36. The summed E-state index contributed by atoms with van der Waals surface area (Å²) in [5, 5.41) is 23.0. The lowest BCUT2D eigenvalue weighted by Crippen LogP contribution is -2.39. The molecule has 2 heterocycles. The summed E-state index contributed by atoms with van der Waals surface area (Å²) in [5.74, 6) is 0.343. The van der Waals surface area contributed by atoms with Gasteiger partial charge < -0.3 is 9.67 Å². The number of carboxylic acid groups (broad SMARTS) is 1. The van der Waals surface area contributed by atoms with E-state index in [-0.39, 0.29) is 18.4 Å². The predicted molar refractivity (Wildman–Crippen MR) is 201 cm³/mol. The maximum atomic E-state index is 12.8. The largest absolute Gasteiger partial charge is 0.481 e. The Morgan fingerprint density at radius 3 is 1.81 bits per heavy atom. The van der Waals surface area contributed by atoms with E-state index in [1.54, 1.807) is 0 Å². The number of aryl methyl sites for hydroxylation is 1. The second-order valence-corrected chi connectivity index (χ2v) is 12.7. The molecule has 0 saturated heterocycles. The first-order chi connectivity index (χ1) is 25.4. The molecule has 0 aliphatic carbocycles. The van der Waals surface area contributed by atoms with Gasteiger partial charge in [-0.1, -0.05) is 146 Å². The second-order valence-electron chi connectivity index (χ2n) is 12.7. The Bertz CT molecular complexity index is 2270. The van der Waals surface area contributed by atoms with Crippen molar-refractivity contribution >= 4 is 5.97 Å². The van der Waals surface area contributed by atoms with E-state index in [2.05, 4.69) is 88.1 Å². The Balaban J connectivity index is 1.32. The smallest absolute Gasteiger partial charge is 0.303 e. The van der Waals surface area contributed by atoms with Crippen molar-refractivity contribution < 1.29 is 9.90 Å². The first-order valence-corrected chi connectivity index (χ1v) is 17.4. The normalized spacial score (nSPS) is 11.4. The standard InChI is InChI=1S/C43H38N6O3/c1-3-39-44-42(52)36(27-28-40(50)51)30(2)48(39)29-31-23-25-32(26-24-31)37-21-13-14-22-38(37)41-45-46-47-49(41)43(33-15-7-4-8-16-33,34-17-9-5-10-18-34)35-19-11-6-12-20-35/h4-26H,3,27-29H2,1-2H3,(H,50,51). The van der Waals surface area contributed by atoms with Crippen molar-refractivity contribution in [3.8, 4) is 22.5 Å². The summed E-state index contributed by atoms with van der Waals surface area (Å²) >= 11 is 0.